The van der Waals surface area contributed by atoms with Crippen LogP contribution in [0.15, 0.2) is 39.5 Å². The third kappa shape index (κ3) is 2.82. The maximum atomic E-state index is 12.0. The molecule has 0 saturated carbocycles. The Hall–Kier alpha value is -2.14. The van der Waals surface area contributed by atoms with Gasteiger partial charge in [0.15, 0.2) is 0 Å². The van der Waals surface area contributed by atoms with Gasteiger partial charge in [-0.05, 0) is 18.6 Å². The molecule has 5 heteroatoms. The standard InChI is InChI=1S/C14H15NO4/c1-2-10(8-16)15-13(17)11-7-9-5-3-4-6-12(9)19-14(11)18/h3-7,10,16H,2,8H2,1H3,(H,15,17)/t10-/m0/s1. The fourth-order valence-corrected chi connectivity index (χ4v) is 1.76. The molecular formula is C14H15NO4. The van der Waals surface area contributed by atoms with Crippen LogP contribution in [0.2, 0.25) is 0 Å². The SMILES string of the molecule is CC[C@@H](CO)NC(=O)c1cc2ccccc2oc1=O. The van der Waals surface area contributed by atoms with Crippen LogP contribution in [0.4, 0.5) is 0 Å². The summed E-state index contributed by atoms with van der Waals surface area (Å²) in [5.41, 5.74) is -0.284. The summed E-state index contributed by atoms with van der Waals surface area (Å²) in [6, 6.07) is 8.12. The molecule has 1 aromatic carbocycles. The maximum Gasteiger partial charge on any atom is 0.349 e. The molecule has 0 spiro atoms. The Balaban J connectivity index is 2.36. The van der Waals surface area contributed by atoms with E-state index in [0.29, 0.717) is 17.4 Å². The van der Waals surface area contributed by atoms with E-state index in [1.165, 1.54) is 6.07 Å². The third-order valence-electron chi connectivity index (χ3n) is 2.93. The van der Waals surface area contributed by atoms with Crippen molar-refractivity contribution in [2.24, 2.45) is 0 Å². The molecular weight excluding hydrogens is 246 g/mol. The van der Waals surface area contributed by atoms with E-state index in [9.17, 15) is 9.59 Å². The second kappa shape index (κ2) is 5.67. The number of benzene rings is 1. The van der Waals surface area contributed by atoms with Gasteiger partial charge in [0, 0.05) is 5.39 Å². The van der Waals surface area contributed by atoms with Crippen molar-refractivity contribution in [2.45, 2.75) is 19.4 Å². The number of amides is 1. The summed E-state index contributed by atoms with van der Waals surface area (Å²) in [4.78, 5) is 23.7. The zero-order chi connectivity index (χ0) is 13.8. The van der Waals surface area contributed by atoms with Crippen molar-refractivity contribution in [2.75, 3.05) is 6.61 Å². The van der Waals surface area contributed by atoms with Gasteiger partial charge in [0.25, 0.3) is 5.91 Å². The highest BCUT2D eigenvalue weighted by Crippen LogP contribution is 2.12. The lowest BCUT2D eigenvalue weighted by atomic mass is 10.1. The van der Waals surface area contributed by atoms with Crippen molar-refractivity contribution in [3.63, 3.8) is 0 Å². The normalized spacial score (nSPS) is 12.3. The number of carbonyl (C=O) groups excluding carboxylic acids is 1. The smallest absolute Gasteiger partial charge is 0.349 e. The molecule has 1 atom stereocenters. The molecule has 19 heavy (non-hydrogen) atoms. The first-order chi connectivity index (χ1) is 9.15. The van der Waals surface area contributed by atoms with E-state index >= 15 is 0 Å². The first-order valence-electron chi connectivity index (χ1n) is 6.10. The van der Waals surface area contributed by atoms with E-state index in [0.717, 1.165) is 0 Å². The van der Waals surface area contributed by atoms with E-state index in [-0.39, 0.29) is 18.2 Å². The lowest BCUT2D eigenvalue weighted by molar-refractivity contribution is 0.0911. The molecule has 1 amide bonds. The minimum Gasteiger partial charge on any atom is -0.422 e. The first kappa shape index (κ1) is 13.3. The molecule has 2 aromatic rings. The molecule has 0 radical (unpaired) electrons. The molecule has 0 aliphatic carbocycles. The van der Waals surface area contributed by atoms with Crippen LogP contribution in [-0.4, -0.2) is 23.7 Å². The summed E-state index contributed by atoms with van der Waals surface area (Å²) in [6.45, 7) is 1.67. The van der Waals surface area contributed by atoms with Gasteiger partial charge in [-0.15, -0.1) is 0 Å². The minimum absolute atomic E-state index is 0.0504. The van der Waals surface area contributed by atoms with E-state index in [4.69, 9.17) is 9.52 Å². The van der Waals surface area contributed by atoms with Crippen LogP contribution in [0, 0.1) is 0 Å². The Labute approximate surface area is 109 Å². The maximum absolute atomic E-state index is 12.0. The Morgan fingerprint density at radius 1 is 1.42 bits per heavy atom. The summed E-state index contributed by atoms with van der Waals surface area (Å²) in [7, 11) is 0. The third-order valence-corrected chi connectivity index (χ3v) is 2.93. The average Bonchev–Trinajstić information content (AvgIpc) is 2.43. The lowest BCUT2D eigenvalue weighted by Crippen LogP contribution is -2.38. The van der Waals surface area contributed by atoms with Gasteiger partial charge >= 0.3 is 5.63 Å². The van der Waals surface area contributed by atoms with Gasteiger partial charge in [-0.25, -0.2) is 4.79 Å². The molecule has 0 aliphatic rings. The van der Waals surface area contributed by atoms with Crippen LogP contribution in [-0.2, 0) is 0 Å². The van der Waals surface area contributed by atoms with Crippen molar-refractivity contribution in [1.82, 2.24) is 5.32 Å². The molecule has 0 fully saturated rings. The van der Waals surface area contributed by atoms with Crippen molar-refractivity contribution >= 4 is 16.9 Å². The Bertz CT molecular complexity index is 643. The highest BCUT2D eigenvalue weighted by molar-refractivity contribution is 5.96. The van der Waals surface area contributed by atoms with E-state index in [1.54, 1.807) is 24.3 Å². The fourth-order valence-electron chi connectivity index (χ4n) is 1.76. The molecule has 2 N–H and O–H groups in total. The average molecular weight is 261 g/mol. The summed E-state index contributed by atoms with van der Waals surface area (Å²) in [5, 5.41) is 12.3. The van der Waals surface area contributed by atoms with Crippen molar-refractivity contribution in [3.05, 3.63) is 46.3 Å². The number of carbonyl (C=O) groups is 1. The zero-order valence-corrected chi connectivity index (χ0v) is 10.6. The quantitative estimate of drug-likeness (QED) is 0.813. The van der Waals surface area contributed by atoms with Gasteiger partial charge in [-0.2, -0.15) is 0 Å². The molecule has 100 valence electrons. The molecule has 0 unspecified atom stereocenters. The van der Waals surface area contributed by atoms with Crippen molar-refractivity contribution in [1.29, 1.82) is 0 Å². The van der Waals surface area contributed by atoms with Gasteiger partial charge in [-0.3, -0.25) is 4.79 Å². The minimum atomic E-state index is -0.677. The summed E-state index contributed by atoms with van der Waals surface area (Å²) < 4.78 is 5.08. The highest BCUT2D eigenvalue weighted by atomic mass is 16.4. The molecule has 0 saturated heterocycles. The summed E-state index contributed by atoms with van der Waals surface area (Å²) in [6.07, 6.45) is 0.584. The van der Waals surface area contributed by atoms with Gasteiger partial charge in [0.05, 0.1) is 12.6 Å². The predicted octanol–water partition coefficient (Wildman–Crippen LogP) is 1.29. The number of hydrogen-bond acceptors (Lipinski definition) is 4. The summed E-state index contributed by atoms with van der Waals surface area (Å²) >= 11 is 0. The van der Waals surface area contributed by atoms with Crippen molar-refractivity contribution < 1.29 is 14.3 Å². The fraction of sp³-hybridized carbons (Fsp3) is 0.286. The monoisotopic (exact) mass is 261 g/mol. The van der Waals surface area contributed by atoms with E-state index in [1.807, 2.05) is 6.92 Å². The number of nitrogens with one attached hydrogen (secondary N) is 1. The predicted molar refractivity (Wildman–Crippen MR) is 71.1 cm³/mol. The zero-order valence-electron chi connectivity index (χ0n) is 10.6. The Morgan fingerprint density at radius 3 is 2.84 bits per heavy atom. The number of aliphatic hydroxyl groups excluding tert-OH is 1. The highest BCUT2D eigenvalue weighted by Gasteiger charge is 2.16. The van der Waals surface area contributed by atoms with Crippen LogP contribution >= 0.6 is 0 Å². The molecule has 5 nitrogen and oxygen atoms in total. The Morgan fingerprint density at radius 2 is 2.16 bits per heavy atom. The van der Waals surface area contributed by atoms with Gasteiger partial charge < -0.3 is 14.8 Å². The largest absolute Gasteiger partial charge is 0.422 e. The molecule has 1 heterocycles. The number of aliphatic hydroxyl groups is 1. The summed E-state index contributed by atoms with van der Waals surface area (Å²) in [5.74, 6) is -0.527. The second-order valence-corrected chi connectivity index (χ2v) is 4.25. The first-order valence-corrected chi connectivity index (χ1v) is 6.10. The van der Waals surface area contributed by atoms with E-state index in [2.05, 4.69) is 5.32 Å². The number of rotatable bonds is 4. The number of hydrogen-bond donors (Lipinski definition) is 2. The molecule has 0 aliphatic heterocycles. The topological polar surface area (TPSA) is 79.5 Å². The van der Waals surface area contributed by atoms with Crippen LogP contribution < -0.4 is 10.9 Å². The van der Waals surface area contributed by atoms with Gasteiger partial charge in [-0.1, -0.05) is 25.1 Å². The molecule has 2 rings (SSSR count). The van der Waals surface area contributed by atoms with Crippen molar-refractivity contribution in [3.8, 4) is 0 Å². The Kier molecular flexibility index (Phi) is 3.97. The number of para-hydroxylation sites is 1. The van der Waals surface area contributed by atoms with Gasteiger partial charge in [0.1, 0.15) is 11.1 Å². The van der Waals surface area contributed by atoms with Crippen LogP contribution in [0.25, 0.3) is 11.0 Å². The van der Waals surface area contributed by atoms with Crippen LogP contribution in [0.3, 0.4) is 0 Å². The lowest BCUT2D eigenvalue weighted by Gasteiger charge is -2.13. The molecule has 1 aromatic heterocycles. The van der Waals surface area contributed by atoms with Gasteiger partial charge in [0.2, 0.25) is 0 Å². The van der Waals surface area contributed by atoms with Crippen LogP contribution in [0.5, 0.6) is 0 Å². The molecule has 0 bridgehead atoms. The number of fused-ring (bicyclic) bond motifs is 1. The van der Waals surface area contributed by atoms with Crippen LogP contribution in [0.1, 0.15) is 23.7 Å². The second-order valence-electron chi connectivity index (χ2n) is 4.25. The van der Waals surface area contributed by atoms with E-state index < -0.39 is 11.5 Å².